The van der Waals surface area contributed by atoms with Gasteiger partial charge >= 0.3 is 13.6 Å². The first-order valence-electron chi connectivity index (χ1n) is 13.8. The third-order valence-electron chi connectivity index (χ3n) is 8.18. The first-order chi connectivity index (χ1) is 17.9. The topological polar surface area (TPSA) is 88.7 Å². The maximum Gasteiger partial charge on any atom is 0.357 e. The normalized spacial score (nSPS) is 27.0. The Morgan fingerprint density at radius 1 is 0.919 bits per heavy atom. The molecule has 4 aliphatic carbocycles. The predicted octanol–water partition coefficient (Wildman–Crippen LogP) is 6.83. The van der Waals surface area contributed by atoms with Gasteiger partial charge in [0.1, 0.15) is 0 Å². The fourth-order valence-electron chi connectivity index (χ4n) is 7.13. The summed E-state index contributed by atoms with van der Waals surface area (Å²) >= 11 is 0. The third kappa shape index (κ3) is 6.05. The second-order valence-electron chi connectivity index (χ2n) is 11.0. The van der Waals surface area contributed by atoms with Crippen LogP contribution >= 0.6 is 7.60 Å². The molecule has 1 atom stereocenters. The summed E-state index contributed by atoms with van der Waals surface area (Å²) in [5, 5.41) is 9.80. The Bertz CT molecular complexity index is 1060. The maximum absolute atomic E-state index is 13.7. The summed E-state index contributed by atoms with van der Waals surface area (Å²) in [5.41, 5.74) is 2.64. The van der Waals surface area contributed by atoms with Gasteiger partial charge in [-0.1, -0.05) is 42.5 Å². The number of nitrogens with one attached hydrogen (secondary N) is 3. The molecule has 4 fully saturated rings. The Hall–Kier alpha value is -2.34. The predicted molar refractivity (Wildman–Crippen MR) is 146 cm³/mol. The molecular formula is C29H40N3O4P. The van der Waals surface area contributed by atoms with Crippen LogP contribution in [0.25, 0.3) is 0 Å². The average molecular weight is 526 g/mol. The van der Waals surface area contributed by atoms with E-state index in [1.165, 1.54) is 19.3 Å². The quantitative estimate of drug-likeness (QED) is 0.280. The summed E-state index contributed by atoms with van der Waals surface area (Å²) in [7, 11) is -3.46. The van der Waals surface area contributed by atoms with Crippen LogP contribution in [0.15, 0.2) is 54.6 Å². The zero-order valence-electron chi connectivity index (χ0n) is 21.9. The molecule has 4 bridgehead atoms. The number of anilines is 1. The minimum atomic E-state index is -3.46. The van der Waals surface area contributed by atoms with Crippen molar-refractivity contribution in [3.05, 3.63) is 65.7 Å². The standard InChI is InChI=1S/C29H40N3O4P/c1-3-35-37(34,36-4-2)27(25-8-6-5-7-9-25)31-26-12-10-21(11-13-26)20-30-28(33)32-29-17-22-14-23(18-29)16-24(15-22)19-29/h5-13,22-24,27,31H,3-4,14-20H2,1-2H3,(H2,30,32,33). The number of carbonyl (C=O) groups is 1. The van der Waals surface area contributed by atoms with E-state index in [1.54, 1.807) is 0 Å². The van der Waals surface area contributed by atoms with Crippen LogP contribution in [0.4, 0.5) is 10.5 Å². The van der Waals surface area contributed by atoms with Gasteiger partial charge in [0.25, 0.3) is 0 Å². The van der Waals surface area contributed by atoms with Crippen molar-refractivity contribution >= 4 is 19.3 Å². The molecule has 8 heteroatoms. The van der Waals surface area contributed by atoms with Crippen molar-refractivity contribution in [2.75, 3.05) is 18.5 Å². The van der Waals surface area contributed by atoms with E-state index in [0.29, 0.717) is 6.54 Å². The molecule has 4 saturated carbocycles. The maximum atomic E-state index is 13.7. The Kier molecular flexibility index (Phi) is 7.94. The van der Waals surface area contributed by atoms with Crippen molar-refractivity contribution in [2.45, 2.75) is 70.2 Å². The molecule has 6 rings (SSSR count). The number of carbonyl (C=O) groups excluding carboxylic acids is 1. The highest BCUT2D eigenvalue weighted by atomic mass is 31.2. The van der Waals surface area contributed by atoms with Crippen LogP contribution in [0, 0.1) is 17.8 Å². The lowest BCUT2D eigenvalue weighted by Crippen LogP contribution is -2.61. The van der Waals surface area contributed by atoms with Crippen LogP contribution in [-0.4, -0.2) is 24.8 Å². The van der Waals surface area contributed by atoms with E-state index in [0.717, 1.165) is 53.8 Å². The van der Waals surface area contributed by atoms with Crippen LogP contribution in [-0.2, 0) is 20.2 Å². The lowest BCUT2D eigenvalue weighted by atomic mass is 9.53. The molecule has 0 heterocycles. The highest BCUT2D eigenvalue weighted by Crippen LogP contribution is 2.60. The van der Waals surface area contributed by atoms with Crippen LogP contribution in [0.2, 0.25) is 0 Å². The molecule has 1 unspecified atom stereocenters. The van der Waals surface area contributed by atoms with Gasteiger partial charge in [-0.15, -0.1) is 0 Å². The molecule has 7 nitrogen and oxygen atoms in total. The first-order valence-corrected chi connectivity index (χ1v) is 15.4. The highest BCUT2D eigenvalue weighted by Gasteiger charge is 2.51. The van der Waals surface area contributed by atoms with Crippen LogP contribution in [0.5, 0.6) is 0 Å². The molecule has 37 heavy (non-hydrogen) atoms. The van der Waals surface area contributed by atoms with Crippen molar-refractivity contribution in [1.29, 1.82) is 0 Å². The SMILES string of the molecule is CCOP(=O)(OCC)C(Nc1ccc(CNC(=O)NC23CC4CC(CC(C4)C2)C3)cc1)c1ccccc1. The molecule has 0 aromatic heterocycles. The Labute approximate surface area is 220 Å². The first kappa shape index (κ1) is 26.3. The molecule has 2 aromatic rings. The summed E-state index contributed by atoms with van der Waals surface area (Å²) in [5.74, 6) is 1.76. The van der Waals surface area contributed by atoms with E-state index >= 15 is 0 Å². The van der Waals surface area contributed by atoms with Gasteiger partial charge in [-0.2, -0.15) is 0 Å². The Morgan fingerprint density at radius 3 is 2.03 bits per heavy atom. The van der Waals surface area contributed by atoms with E-state index in [1.807, 2.05) is 68.4 Å². The molecule has 2 amide bonds. The average Bonchev–Trinajstić information content (AvgIpc) is 2.86. The highest BCUT2D eigenvalue weighted by molar-refractivity contribution is 7.54. The molecule has 2 aromatic carbocycles. The number of hydrogen-bond donors (Lipinski definition) is 3. The van der Waals surface area contributed by atoms with Crippen LogP contribution in [0.1, 0.15) is 69.3 Å². The summed E-state index contributed by atoms with van der Waals surface area (Å²) in [6, 6.07) is 17.3. The zero-order valence-corrected chi connectivity index (χ0v) is 22.8. The monoisotopic (exact) mass is 525 g/mol. The second-order valence-corrected chi connectivity index (χ2v) is 13.1. The van der Waals surface area contributed by atoms with Crippen molar-refractivity contribution in [2.24, 2.45) is 17.8 Å². The van der Waals surface area contributed by atoms with E-state index < -0.39 is 13.4 Å². The minimum absolute atomic E-state index is 0.00806. The summed E-state index contributed by atoms with van der Waals surface area (Å²) in [4.78, 5) is 12.8. The Balaban J connectivity index is 1.20. The molecule has 0 spiro atoms. The molecule has 200 valence electrons. The number of hydrogen-bond acceptors (Lipinski definition) is 5. The third-order valence-corrected chi connectivity index (χ3v) is 10.5. The largest absolute Gasteiger partial charge is 0.368 e. The zero-order chi connectivity index (χ0) is 25.9. The summed E-state index contributed by atoms with van der Waals surface area (Å²) in [6.07, 6.45) is 7.50. The van der Waals surface area contributed by atoms with E-state index in [2.05, 4.69) is 16.0 Å². The van der Waals surface area contributed by atoms with Gasteiger partial charge in [0.05, 0.1) is 13.2 Å². The van der Waals surface area contributed by atoms with Gasteiger partial charge in [0, 0.05) is 17.8 Å². The fraction of sp³-hybridized carbons (Fsp3) is 0.552. The smallest absolute Gasteiger partial charge is 0.357 e. The van der Waals surface area contributed by atoms with Crippen LogP contribution < -0.4 is 16.0 Å². The molecule has 0 aliphatic heterocycles. The van der Waals surface area contributed by atoms with Gasteiger partial charge in [0.15, 0.2) is 5.78 Å². The van der Waals surface area contributed by atoms with E-state index in [9.17, 15) is 9.36 Å². The summed E-state index contributed by atoms with van der Waals surface area (Å²) < 4.78 is 25.0. The van der Waals surface area contributed by atoms with Crippen molar-refractivity contribution in [3.63, 3.8) is 0 Å². The van der Waals surface area contributed by atoms with Crippen molar-refractivity contribution in [1.82, 2.24) is 10.6 Å². The number of amides is 2. The Morgan fingerprint density at radius 2 is 1.49 bits per heavy atom. The van der Waals surface area contributed by atoms with Gasteiger partial charge in [-0.05, 0) is 93.4 Å². The van der Waals surface area contributed by atoms with Gasteiger partial charge in [0.2, 0.25) is 0 Å². The van der Waals surface area contributed by atoms with E-state index in [4.69, 9.17) is 9.05 Å². The lowest BCUT2D eigenvalue weighted by Gasteiger charge is -2.56. The molecule has 0 saturated heterocycles. The van der Waals surface area contributed by atoms with Crippen molar-refractivity contribution in [3.8, 4) is 0 Å². The lowest BCUT2D eigenvalue weighted by molar-refractivity contribution is -0.0135. The van der Waals surface area contributed by atoms with Gasteiger partial charge < -0.3 is 25.0 Å². The fourth-order valence-corrected chi connectivity index (χ4v) is 9.07. The molecule has 4 aliphatic rings. The summed E-state index contributed by atoms with van der Waals surface area (Å²) in [6.45, 7) is 4.66. The number of benzene rings is 2. The number of rotatable bonds is 11. The van der Waals surface area contributed by atoms with Gasteiger partial charge in [-0.3, -0.25) is 4.57 Å². The van der Waals surface area contributed by atoms with E-state index in [-0.39, 0.29) is 24.8 Å². The number of urea groups is 1. The molecule has 0 radical (unpaired) electrons. The molecule has 3 N–H and O–H groups in total. The molecular weight excluding hydrogens is 485 g/mol. The second kappa shape index (κ2) is 11.2. The minimum Gasteiger partial charge on any atom is -0.368 e. The van der Waals surface area contributed by atoms with Crippen LogP contribution in [0.3, 0.4) is 0 Å². The van der Waals surface area contributed by atoms with Gasteiger partial charge in [-0.25, -0.2) is 4.79 Å². The van der Waals surface area contributed by atoms with Crippen molar-refractivity contribution < 1.29 is 18.4 Å².